The van der Waals surface area contributed by atoms with Gasteiger partial charge in [0.15, 0.2) is 11.5 Å². The molecule has 74 valence electrons. The smallest absolute Gasteiger partial charge is 0.200 e. The standard InChI is InChI=1S/C8H10O2.C2H7N/c1-6(2)8(9)7-4-3-5-10-7;1-3-2/h3-6H,1-2H3;3H,1-2H3. The molecule has 0 saturated heterocycles. The minimum atomic E-state index is 0.0196. The van der Waals surface area contributed by atoms with Crippen LogP contribution < -0.4 is 5.32 Å². The van der Waals surface area contributed by atoms with Crippen molar-refractivity contribution in [3.05, 3.63) is 24.2 Å². The molecule has 3 heteroatoms. The highest BCUT2D eigenvalue weighted by Crippen LogP contribution is 2.07. The summed E-state index contributed by atoms with van der Waals surface area (Å²) in [5.74, 6) is 0.533. The number of ketones is 1. The Morgan fingerprint density at radius 3 is 2.31 bits per heavy atom. The minimum Gasteiger partial charge on any atom is -0.461 e. The lowest BCUT2D eigenvalue weighted by Gasteiger charge is -1.97. The molecule has 1 heterocycles. The van der Waals surface area contributed by atoms with Gasteiger partial charge in [-0.15, -0.1) is 0 Å². The first-order valence-corrected chi connectivity index (χ1v) is 4.29. The second-order valence-electron chi connectivity index (χ2n) is 3.00. The number of hydrogen-bond donors (Lipinski definition) is 1. The molecule has 3 nitrogen and oxygen atoms in total. The Kier molecular flexibility index (Phi) is 5.89. The summed E-state index contributed by atoms with van der Waals surface area (Å²) < 4.78 is 4.91. The molecule has 0 bridgehead atoms. The maximum atomic E-state index is 11.1. The number of nitrogens with one attached hydrogen (secondary N) is 1. The van der Waals surface area contributed by atoms with E-state index in [9.17, 15) is 4.79 Å². The molecule has 0 fully saturated rings. The van der Waals surface area contributed by atoms with E-state index in [0.717, 1.165) is 0 Å². The van der Waals surface area contributed by atoms with Gasteiger partial charge < -0.3 is 9.73 Å². The fourth-order valence-electron chi connectivity index (χ4n) is 0.703. The Morgan fingerprint density at radius 2 is 2.00 bits per heavy atom. The van der Waals surface area contributed by atoms with Gasteiger partial charge in [0.05, 0.1) is 6.26 Å². The van der Waals surface area contributed by atoms with E-state index in [1.165, 1.54) is 6.26 Å². The Bertz CT molecular complexity index is 227. The van der Waals surface area contributed by atoms with Crippen molar-refractivity contribution in [2.75, 3.05) is 14.1 Å². The molecule has 0 amide bonds. The molecule has 0 unspecified atom stereocenters. The van der Waals surface area contributed by atoms with Crippen LogP contribution in [-0.4, -0.2) is 19.9 Å². The van der Waals surface area contributed by atoms with Crippen LogP contribution in [0.2, 0.25) is 0 Å². The van der Waals surface area contributed by atoms with E-state index in [1.807, 2.05) is 27.9 Å². The second kappa shape index (κ2) is 6.43. The summed E-state index contributed by atoms with van der Waals surface area (Å²) in [4.78, 5) is 11.1. The lowest BCUT2D eigenvalue weighted by atomic mass is 10.1. The van der Waals surface area contributed by atoms with Crippen molar-refractivity contribution < 1.29 is 9.21 Å². The average Bonchev–Trinajstić information content (AvgIpc) is 2.56. The Labute approximate surface area is 79.1 Å². The van der Waals surface area contributed by atoms with E-state index in [1.54, 1.807) is 12.1 Å². The molecule has 0 saturated carbocycles. The van der Waals surface area contributed by atoms with Gasteiger partial charge in [-0.2, -0.15) is 0 Å². The van der Waals surface area contributed by atoms with Gasteiger partial charge in [-0.05, 0) is 26.2 Å². The zero-order valence-electron chi connectivity index (χ0n) is 8.63. The van der Waals surface area contributed by atoms with Crippen LogP contribution in [-0.2, 0) is 0 Å². The average molecular weight is 183 g/mol. The van der Waals surface area contributed by atoms with Gasteiger partial charge in [0, 0.05) is 5.92 Å². The van der Waals surface area contributed by atoms with Gasteiger partial charge in [-0.1, -0.05) is 13.8 Å². The quantitative estimate of drug-likeness (QED) is 0.712. The fourth-order valence-corrected chi connectivity index (χ4v) is 0.703. The lowest BCUT2D eigenvalue weighted by molar-refractivity contribution is 0.0911. The van der Waals surface area contributed by atoms with Crippen LogP contribution in [0, 0.1) is 5.92 Å². The van der Waals surface area contributed by atoms with Gasteiger partial charge in [-0.25, -0.2) is 0 Å². The summed E-state index contributed by atoms with van der Waals surface area (Å²) in [7, 11) is 3.75. The van der Waals surface area contributed by atoms with Crippen molar-refractivity contribution in [2.45, 2.75) is 13.8 Å². The molecule has 1 aromatic rings. The maximum Gasteiger partial charge on any atom is 0.200 e. The monoisotopic (exact) mass is 183 g/mol. The van der Waals surface area contributed by atoms with E-state index in [2.05, 4.69) is 5.32 Å². The molecule has 1 rings (SSSR count). The van der Waals surface area contributed by atoms with E-state index in [-0.39, 0.29) is 11.7 Å². The molecule has 0 aromatic carbocycles. The molecule has 0 aliphatic heterocycles. The van der Waals surface area contributed by atoms with Gasteiger partial charge >= 0.3 is 0 Å². The van der Waals surface area contributed by atoms with Gasteiger partial charge in [0.25, 0.3) is 0 Å². The zero-order chi connectivity index (χ0) is 10.3. The first kappa shape index (κ1) is 11.9. The number of hydrogen-bond acceptors (Lipinski definition) is 3. The molecule has 0 atom stereocenters. The number of Topliss-reactive ketones (excluding diaryl/α,β-unsaturated/α-hetero) is 1. The number of carbonyl (C=O) groups is 1. The van der Waals surface area contributed by atoms with Crippen LogP contribution >= 0.6 is 0 Å². The summed E-state index contributed by atoms with van der Waals surface area (Å²) in [5.41, 5.74) is 0. The topological polar surface area (TPSA) is 42.2 Å². The second-order valence-corrected chi connectivity index (χ2v) is 3.00. The van der Waals surface area contributed by atoms with Crippen molar-refractivity contribution in [1.29, 1.82) is 0 Å². The van der Waals surface area contributed by atoms with Crippen LogP contribution in [0.3, 0.4) is 0 Å². The highest BCUT2D eigenvalue weighted by atomic mass is 16.3. The van der Waals surface area contributed by atoms with Crippen molar-refractivity contribution >= 4 is 5.78 Å². The Balaban J connectivity index is 0.000000424. The minimum absolute atomic E-state index is 0.0196. The molecule has 0 radical (unpaired) electrons. The summed E-state index contributed by atoms with van der Waals surface area (Å²) in [6.07, 6.45) is 1.51. The van der Waals surface area contributed by atoms with Crippen LogP contribution in [0.15, 0.2) is 22.8 Å². The maximum absolute atomic E-state index is 11.1. The Hall–Kier alpha value is -1.09. The van der Waals surface area contributed by atoms with Crippen molar-refractivity contribution in [2.24, 2.45) is 5.92 Å². The predicted molar refractivity (Wildman–Crippen MR) is 52.9 cm³/mol. The third kappa shape index (κ3) is 4.48. The fraction of sp³-hybridized carbons (Fsp3) is 0.500. The predicted octanol–water partition coefficient (Wildman–Crippen LogP) is 1.95. The van der Waals surface area contributed by atoms with Gasteiger partial charge in [-0.3, -0.25) is 4.79 Å². The van der Waals surface area contributed by atoms with Crippen molar-refractivity contribution in [3.63, 3.8) is 0 Å². The van der Waals surface area contributed by atoms with E-state index < -0.39 is 0 Å². The van der Waals surface area contributed by atoms with Crippen LogP contribution in [0.25, 0.3) is 0 Å². The van der Waals surface area contributed by atoms with Gasteiger partial charge in [0.1, 0.15) is 0 Å². The summed E-state index contributed by atoms with van der Waals surface area (Å²) >= 11 is 0. The third-order valence-electron chi connectivity index (χ3n) is 1.29. The molecule has 0 spiro atoms. The number of furan rings is 1. The molecule has 0 aliphatic carbocycles. The third-order valence-corrected chi connectivity index (χ3v) is 1.29. The Morgan fingerprint density at radius 1 is 1.46 bits per heavy atom. The SMILES string of the molecule is CC(C)C(=O)c1ccco1.CNC. The molecule has 0 aliphatic rings. The summed E-state index contributed by atoms with van der Waals surface area (Å²) in [5, 5.41) is 2.75. The van der Waals surface area contributed by atoms with Crippen LogP contribution in [0.5, 0.6) is 0 Å². The molecule has 1 aromatic heterocycles. The number of carbonyl (C=O) groups excluding carboxylic acids is 1. The van der Waals surface area contributed by atoms with Gasteiger partial charge in [0.2, 0.25) is 0 Å². The largest absolute Gasteiger partial charge is 0.461 e. The first-order valence-electron chi connectivity index (χ1n) is 4.29. The lowest BCUT2D eigenvalue weighted by Crippen LogP contribution is -2.05. The molecular formula is C10H17NO2. The summed E-state index contributed by atoms with van der Waals surface area (Å²) in [6.45, 7) is 3.70. The normalized spacial score (nSPS) is 9.31. The molecule has 1 N–H and O–H groups in total. The highest BCUT2D eigenvalue weighted by molar-refractivity contribution is 5.94. The van der Waals surface area contributed by atoms with Crippen molar-refractivity contribution in [3.8, 4) is 0 Å². The highest BCUT2D eigenvalue weighted by Gasteiger charge is 2.11. The molecule has 13 heavy (non-hydrogen) atoms. The van der Waals surface area contributed by atoms with Crippen LogP contribution in [0.4, 0.5) is 0 Å². The molecular weight excluding hydrogens is 166 g/mol. The van der Waals surface area contributed by atoms with E-state index in [0.29, 0.717) is 5.76 Å². The summed E-state index contributed by atoms with van der Waals surface area (Å²) in [6, 6.07) is 3.40. The van der Waals surface area contributed by atoms with E-state index >= 15 is 0 Å². The van der Waals surface area contributed by atoms with Crippen molar-refractivity contribution in [1.82, 2.24) is 5.32 Å². The van der Waals surface area contributed by atoms with Crippen LogP contribution in [0.1, 0.15) is 24.4 Å². The van der Waals surface area contributed by atoms with E-state index in [4.69, 9.17) is 4.42 Å². The first-order chi connectivity index (χ1) is 6.13. The number of rotatable bonds is 2. The zero-order valence-corrected chi connectivity index (χ0v) is 8.63.